The van der Waals surface area contributed by atoms with Crippen LogP contribution in [0.5, 0.6) is 0 Å². The summed E-state index contributed by atoms with van der Waals surface area (Å²) >= 11 is 0. The Morgan fingerprint density at radius 3 is 2.90 bits per heavy atom. The van der Waals surface area contributed by atoms with E-state index in [1.807, 2.05) is 32.0 Å². The van der Waals surface area contributed by atoms with Gasteiger partial charge in [-0.1, -0.05) is 23.8 Å². The Hall–Kier alpha value is -2.40. The van der Waals surface area contributed by atoms with E-state index in [0.29, 0.717) is 11.2 Å². The first-order valence-electron chi connectivity index (χ1n) is 6.76. The van der Waals surface area contributed by atoms with Crippen molar-refractivity contribution < 1.29 is 9.52 Å². The van der Waals surface area contributed by atoms with E-state index in [1.54, 1.807) is 18.3 Å². The Labute approximate surface area is 121 Å². The molecule has 0 radical (unpaired) electrons. The van der Waals surface area contributed by atoms with Gasteiger partial charge < -0.3 is 9.52 Å². The van der Waals surface area contributed by atoms with Crippen LogP contribution in [0.4, 0.5) is 0 Å². The van der Waals surface area contributed by atoms with Crippen molar-refractivity contribution in [3.05, 3.63) is 63.8 Å². The van der Waals surface area contributed by atoms with E-state index in [0.717, 1.165) is 16.7 Å². The topological polar surface area (TPSA) is 68.3 Å². The predicted molar refractivity (Wildman–Crippen MR) is 79.1 cm³/mol. The molecule has 0 bridgehead atoms. The van der Waals surface area contributed by atoms with Crippen molar-refractivity contribution in [2.45, 2.75) is 26.5 Å². The SMILES string of the molecule is Cc1ccc(C(O)Cn2c(=O)oc3cccnc32)c(C)c1. The first-order chi connectivity index (χ1) is 10.1. The Kier molecular flexibility index (Phi) is 3.35. The van der Waals surface area contributed by atoms with Crippen molar-refractivity contribution in [1.29, 1.82) is 0 Å². The summed E-state index contributed by atoms with van der Waals surface area (Å²) in [6.45, 7) is 4.06. The highest BCUT2D eigenvalue weighted by atomic mass is 16.4. The fourth-order valence-electron chi connectivity index (χ4n) is 2.53. The summed E-state index contributed by atoms with van der Waals surface area (Å²) in [7, 11) is 0. The molecule has 3 aromatic rings. The largest absolute Gasteiger partial charge is 0.421 e. The molecule has 2 heterocycles. The highest BCUT2D eigenvalue weighted by molar-refractivity contribution is 5.67. The summed E-state index contributed by atoms with van der Waals surface area (Å²) < 4.78 is 6.48. The second-order valence-electron chi connectivity index (χ2n) is 5.18. The zero-order valence-electron chi connectivity index (χ0n) is 11.9. The van der Waals surface area contributed by atoms with Crippen molar-refractivity contribution in [3.63, 3.8) is 0 Å². The van der Waals surface area contributed by atoms with Gasteiger partial charge in [0.1, 0.15) is 0 Å². The predicted octanol–water partition coefficient (Wildman–Crippen LogP) is 2.34. The number of aryl methyl sites for hydroxylation is 2. The fourth-order valence-corrected chi connectivity index (χ4v) is 2.53. The van der Waals surface area contributed by atoms with Gasteiger partial charge in [0.2, 0.25) is 0 Å². The first kappa shape index (κ1) is 13.6. The second kappa shape index (κ2) is 5.18. The number of pyridine rings is 1. The summed E-state index contributed by atoms with van der Waals surface area (Å²) in [6.07, 6.45) is 0.809. The van der Waals surface area contributed by atoms with Crippen LogP contribution in [0.2, 0.25) is 0 Å². The Morgan fingerprint density at radius 2 is 2.14 bits per heavy atom. The molecule has 1 unspecified atom stereocenters. The third kappa shape index (κ3) is 2.48. The number of benzene rings is 1. The van der Waals surface area contributed by atoms with Crippen LogP contribution in [-0.2, 0) is 6.54 Å². The number of nitrogens with zero attached hydrogens (tertiary/aromatic N) is 2. The van der Waals surface area contributed by atoms with E-state index in [-0.39, 0.29) is 6.54 Å². The minimum atomic E-state index is -0.786. The third-order valence-electron chi connectivity index (χ3n) is 3.56. The molecule has 5 heteroatoms. The van der Waals surface area contributed by atoms with E-state index in [2.05, 4.69) is 4.98 Å². The lowest BCUT2D eigenvalue weighted by Gasteiger charge is -2.14. The number of fused-ring (bicyclic) bond motifs is 1. The van der Waals surface area contributed by atoms with Crippen LogP contribution < -0.4 is 5.76 Å². The third-order valence-corrected chi connectivity index (χ3v) is 3.56. The van der Waals surface area contributed by atoms with Crippen molar-refractivity contribution in [1.82, 2.24) is 9.55 Å². The van der Waals surface area contributed by atoms with Gasteiger partial charge in [-0.05, 0) is 37.1 Å². The molecule has 0 amide bonds. The first-order valence-corrected chi connectivity index (χ1v) is 6.76. The zero-order valence-corrected chi connectivity index (χ0v) is 11.9. The van der Waals surface area contributed by atoms with Gasteiger partial charge in [-0.3, -0.25) is 4.57 Å². The van der Waals surface area contributed by atoms with Gasteiger partial charge in [-0.15, -0.1) is 0 Å². The lowest BCUT2D eigenvalue weighted by molar-refractivity contribution is 0.154. The van der Waals surface area contributed by atoms with Crippen molar-refractivity contribution >= 4 is 11.2 Å². The van der Waals surface area contributed by atoms with Crippen molar-refractivity contribution in [2.24, 2.45) is 0 Å². The Bertz CT molecular complexity index is 848. The van der Waals surface area contributed by atoms with Crippen LogP contribution in [-0.4, -0.2) is 14.7 Å². The number of hydrogen-bond donors (Lipinski definition) is 1. The molecule has 5 nitrogen and oxygen atoms in total. The molecule has 21 heavy (non-hydrogen) atoms. The molecular weight excluding hydrogens is 268 g/mol. The minimum absolute atomic E-state index is 0.118. The average Bonchev–Trinajstić information content (AvgIpc) is 2.75. The van der Waals surface area contributed by atoms with Crippen LogP contribution in [0.25, 0.3) is 11.2 Å². The maximum absolute atomic E-state index is 11.9. The minimum Gasteiger partial charge on any atom is -0.406 e. The number of rotatable bonds is 3. The average molecular weight is 284 g/mol. The molecule has 2 aromatic heterocycles. The van der Waals surface area contributed by atoms with Crippen LogP contribution in [0.15, 0.2) is 45.7 Å². The normalized spacial score (nSPS) is 12.7. The van der Waals surface area contributed by atoms with Crippen molar-refractivity contribution in [3.8, 4) is 0 Å². The zero-order chi connectivity index (χ0) is 15.0. The number of aliphatic hydroxyl groups excluding tert-OH is 1. The molecule has 1 aromatic carbocycles. The maximum atomic E-state index is 11.9. The summed E-state index contributed by atoms with van der Waals surface area (Å²) in [5.41, 5.74) is 3.81. The molecule has 0 spiro atoms. The van der Waals surface area contributed by atoms with Gasteiger partial charge in [0.25, 0.3) is 0 Å². The highest BCUT2D eigenvalue weighted by Gasteiger charge is 2.16. The quantitative estimate of drug-likeness (QED) is 0.801. The summed E-state index contributed by atoms with van der Waals surface area (Å²) in [5, 5.41) is 10.4. The summed E-state index contributed by atoms with van der Waals surface area (Å²) in [5.74, 6) is -0.507. The van der Waals surface area contributed by atoms with Gasteiger partial charge >= 0.3 is 5.76 Å². The molecular formula is C16H16N2O3. The molecule has 0 aliphatic carbocycles. The number of aromatic nitrogens is 2. The molecule has 108 valence electrons. The van der Waals surface area contributed by atoms with Crippen LogP contribution in [0.3, 0.4) is 0 Å². The Balaban J connectivity index is 1.98. The highest BCUT2D eigenvalue weighted by Crippen LogP contribution is 2.21. The lowest BCUT2D eigenvalue weighted by Crippen LogP contribution is -2.19. The summed E-state index contributed by atoms with van der Waals surface area (Å²) in [6, 6.07) is 9.23. The molecule has 0 aliphatic heterocycles. The molecule has 1 N–H and O–H groups in total. The van der Waals surface area contributed by atoms with Crippen molar-refractivity contribution in [2.75, 3.05) is 0 Å². The maximum Gasteiger partial charge on any atom is 0.421 e. The van der Waals surface area contributed by atoms with E-state index in [9.17, 15) is 9.90 Å². The van der Waals surface area contributed by atoms with Crippen LogP contribution >= 0.6 is 0 Å². The van der Waals surface area contributed by atoms with E-state index < -0.39 is 11.9 Å². The Morgan fingerprint density at radius 1 is 1.33 bits per heavy atom. The monoisotopic (exact) mass is 284 g/mol. The number of hydrogen-bond acceptors (Lipinski definition) is 4. The molecule has 0 saturated carbocycles. The van der Waals surface area contributed by atoms with Crippen LogP contribution in [0.1, 0.15) is 22.8 Å². The number of aliphatic hydroxyl groups is 1. The standard InChI is InChI=1S/C16H16N2O3/c1-10-5-6-12(11(2)8-10)13(19)9-18-15-14(21-16(18)20)4-3-7-17-15/h3-8,13,19H,9H2,1-2H3. The van der Waals surface area contributed by atoms with Gasteiger partial charge in [-0.2, -0.15) is 0 Å². The molecule has 0 saturated heterocycles. The second-order valence-corrected chi connectivity index (χ2v) is 5.18. The molecule has 1 atom stereocenters. The van der Waals surface area contributed by atoms with Gasteiger partial charge in [0.15, 0.2) is 11.2 Å². The lowest BCUT2D eigenvalue weighted by atomic mass is 10.0. The van der Waals surface area contributed by atoms with Gasteiger partial charge in [0.05, 0.1) is 12.6 Å². The molecule has 0 fully saturated rings. The smallest absolute Gasteiger partial charge is 0.406 e. The van der Waals surface area contributed by atoms with E-state index >= 15 is 0 Å². The summed E-state index contributed by atoms with van der Waals surface area (Å²) in [4.78, 5) is 16.0. The number of oxazole rings is 1. The van der Waals surface area contributed by atoms with Gasteiger partial charge in [-0.25, -0.2) is 9.78 Å². The molecule has 0 aliphatic rings. The fraction of sp³-hybridized carbons (Fsp3) is 0.250. The van der Waals surface area contributed by atoms with Gasteiger partial charge in [0, 0.05) is 6.20 Å². The van der Waals surface area contributed by atoms with E-state index in [1.165, 1.54) is 4.57 Å². The van der Waals surface area contributed by atoms with E-state index in [4.69, 9.17) is 4.42 Å². The molecule has 3 rings (SSSR count). The van der Waals surface area contributed by atoms with Crippen LogP contribution in [0, 0.1) is 13.8 Å².